The SMILES string of the molecule is CCc1ccc([C@@H](C)NC(=O)COC(=O)c2ccc([N+](=O)[O-])c(C)c2)cc1. The van der Waals surface area contributed by atoms with Gasteiger partial charge >= 0.3 is 5.97 Å². The molecule has 0 saturated carbocycles. The van der Waals surface area contributed by atoms with Crippen LogP contribution in [-0.2, 0) is 16.0 Å². The van der Waals surface area contributed by atoms with Crippen LogP contribution in [0.3, 0.4) is 0 Å². The monoisotopic (exact) mass is 370 g/mol. The number of rotatable bonds is 7. The summed E-state index contributed by atoms with van der Waals surface area (Å²) in [5, 5.41) is 13.6. The Balaban J connectivity index is 1.89. The van der Waals surface area contributed by atoms with E-state index in [2.05, 4.69) is 12.2 Å². The van der Waals surface area contributed by atoms with Crippen molar-refractivity contribution in [2.75, 3.05) is 6.61 Å². The molecule has 0 unspecified atom stereocenters. The number of nitrogens with zero attached hydrogens (tertiary/aromatic N) is 1. The average molecular weight is 370 g/mol. The summed E-state index contributed by atoms with van der Waals surface area (Å²) in [6.45, 7) is 5.03. The molecule has 0 radical (unpaired) electrons. The number of benzene rings is 2. The van der Waals surface area contributed by atoms with E-state index in [1.54, 1.807) is 0 Å². The maximum Gasteiger partial charge on any atom is 0.338 e. The van der Waals surface area contributed by atoms with Crippen LogP contribution in [0, 0.1) is 17.0 Å². The zero-order valence-electron chi connectivity index (χ0n) is 15.5. The van der Waals surface area contributed by atoms with Gasteiger partial charge in [0, 0.05) is 11.6 Å². The van der Waals surface area contributed by atoms with Crippen LogP contribution in [0.4, 0.5) is 5.69 Å². The zero-order valence-corrected chi connectivity index (χ0v) is 15.5. The number of aryl methyl sites for hydroxylation is 2. The van der Waals surface area contributed by atoms with Crippen LogP contribution in [0.2, 0.25) is 0 Å². The number of nitro benzene ring substituents is 1. The average Bonchev–Trinajstić information content (AvgIpc) is 2.65. The molecule has 7 nitrogen and oxygen atoms in total. The Bertz CT molecular complexity index is 846. The van der Waals surface area contributed by atoms with Crippen LogP contribution in [0.25, 0.3) is 0 Å². The smallest absolute Gasteiger partial charge is 0.338 e. The summed E-state index contributed by atoms with van der Waals surface area (Å²) in [6.07, 6.45) is 0.944. The van der Waals surface area contributed by atoms with Gasteiger partial charge in [-0.15, -0.1) is 0 Å². The summed E-state index contributed by atoms with van der Waals surface area (Å²) < 4.78 is 5.00. The first kappa shape index (κ1) is 20.1. The Kier molecular flexibility index (Phi) is 6.65. The van der Waals surface area contributed by atoms with Crippen molar-refractivity contribution in [2.24, 2.45) is 0 Å². The molecule has 0 fully saturated rings. The van der Waals surface area contributed by atoms with Gasteiger partial charge < -0.3 is 10.1 Å². The summed E-state index contributed by atoms with van der Waals surface area (Å²) >= 11 is 0. The number of nitro groups is 1. The molecular formula is C20H22N2O5. The molecule has 142 valence electrons. The summed E-state index contributed by atoms with van der Waals surface area (Å²) in [5.41, 5.74) is 2.60. The Hall–Kier alpha value is -3.22. The summed E-state index contributed by atoms with van der Waals surface area (Å²) in [5.74, 6) is -1.13. The van der Waals surface area contributed by atoms with E-state index in [1.807, 2.05) is 31.2 Å². The first-order valence-corrected chi connectivity index (χ1v) is 8.62. The predicted octanol–water partition coefficient (Wildman–Crippen LogP) is 3.50. The largest absolute Gasteiger partial charge is 0.452 e. The van der Waals surface area contributed by atoms with Crippen LogP contribution in [0.1, 0.15) is 46.9 Å². The molecule has 7 heteroatoms. The van der Waals surface area contributed by atoms with Crippen molar-refractivity contribution in [1.82, 2.24) is 5.32 Å². The van der Waals surface area contributed by atoms with Crippen molar-refractivity contribution >= 4 is 17.6 Å². The Morgan fingerprint density at radius 1 is 1.19 bits per heavy atom. The fourth-order valence-corrected chi connectivity index (χ4v) is 2.61. The number of hydrogen-bond donors (Lipinski definition) is 1. The number of hydrogen-bond acceptors (Lipinski definition) is 5. The third-order valence-corrected chi connectivity index (χ3v) is 4.23. The van der Waals surface area contributed by atoms with E-state index in [1.165, 1.54) is 30.7 Å². The van der Waals surface area contributed by atoms with Gasteiger partial charge in [-0.05, 0) is 43.5 Å². The molecule has 1 amide bonds. The second kappa shape index (κ2) is 8.93. The molecule has 0 aliphatic carbocycles. The van der Waals surface area contributed by atoms with E-state index in [0.717, 1.165) is 12.0 Å². The van der Waals surface area contributed by atoms with E-state index in [-0.39, 0.29) is 17.3 Å². The van der Waals surface area contributed by atoms with E-state index in [0.29, 0.717) is 5.56 Å². The number of carbonyl (C=O) groups excluding carboxylic acids is 2. The molecule has 0 bridgehead atoms. The van der Waals surface area contributed by atoms with Gasteiger partial charge in [-0.1, -0.05) is 31.2 Å². The van der Waals surface area contributed by atoms with Gasteiger partial charge in [0.2, 0.25) is 0 Å². The number of nitrogens with one attached hydrogen (secondary N) is 1. The fourth-order valence-electron chi connectivity index (χ4n) is 2.61. The maximum absolute atomic E-state index is 12.0. The molecular weight excluding hydrogens is 348 g/mol. The molecule has 2 rings (SSSR count). The third-order valence-electron chi connectivity index (χ3n) is 4.23. The standard InChI is InChI=1S/C20H22N2O5/c1-4-15-5-7-16(8-6-15)14(3)21-19(23)12-27-20(24)17-9-10-18(22(25)26)13(2)11-17/h5-11,14H,4,12H2,1-3H3,(H,21,23)/t14-/m1/s1. The molecule has 0 spiro atoms. The maximum atomic E-state index is 12.0. The zero-order chi connectivity index (χ0) is 20.0. The molecule has 2 aromatic rings. The van der Waals surface area contributed by atoms with Gasteiger partial charge in [0.25, 0.3) is 11.6 Å². The normalized spacial score (nSPS) is 11.5. The van der Waals surface area contributed by atoms with Gasteiger partial charge in [0.15, 0.2) is 6.61 Å². The van der Waals surface area contributed by atoms with Crippen LogP contribution in [-0.4, -0.2) is 23.4 Å². The Morgan fingerprint density at radius 2 is 1.85 bits per heavy atom. The van der Waals surface area contributed by atoms with Crippen molar-refractivity contribution in [3.63, 3.8) is 0 Å². The minimum atomic E-state index is -0.705. The minimum absolute atomic E-state index is 0.0767. The molecule has 1 N–H and O–H groups in total. The lowest BCUT2D eigenvalue weighted by molar-refractivity contribution is -0.385. The Labute approximate surface area is 157 Å². The van der Waals surface area contributed by atoms with Gasteiger partial charge in [-0.3, -0.25) is 14.9 Å². The van der Waals surface area contributed by atoms with Gasteiger partial charge in [0.05, 0.1) is 16.5 Å². The lowest BCUT2D eigenvalue weighted by Gasteiger charge is -2.15. The highest BCUT2D eigenvalue weighted by Gasteiger charge is 2.16. The molecule has 0 heterocycles. The molecule has 0 saturated heterocycles. The Morgan fingerprint density at radius 3 is 2.41 bits per heavy atom. The molecule has 1 atom stereocenters. The molecule has 0 aromatic heterocycles. The van der Waals surface area contributed by atoms with Crippen molar-refractivity contribution in [3.05, 3.63) is 74.8 Å². The van der Waals surface area contributed by atoms with E-state index < -0.39 is 23.4 Å². The van der Waals surface area contributed by atoms with Crippen LogP contribution in [0.15, 0.2) is 42.5 Å². The number of carbonyl (C=O) groups is 2. The topological polar surface area (TPSA) is 98.5 Å². The third kappa shape index (κ3) is 5.37. The number of amides is 1. The number of ether oxygens (including phenoxy) is 1. The van der Waals surface area contributed by atoms with Crippen molar-refractivity contribution in [3.8, 4) is 0 Å². The van der Waals surface area contributed by atoms with Crippen molar-refractivity contribution in [2.45, 2.75) is 33.2 Å². The van der Waals surface area contributed by atoms with Crippen LogP contribution < -0.4 is 5.32 Å². The van der Waals surface area contributed by atoms with Gasteiger partial charge in [-0.2, -0.15) is 0 Å². The highest BCUT2D eigenvalue weighted by molar-refractivity contribution is 5.91. The van der Waals surface area contributed by atoms with E-state index in [9.17, 15) is 19.7 Å². The summed E-state index contributed by atoms with van der Waals surface area (Å²) in [6, 6.07) is 11.6. The van der Waals surface area contributed by atoms with E-state index in [4.69, 9.17) is 4.74 Å². The minimum Gasteiger partial charge on any atom is -0.452 e. The van der Waals surface area contributed by atoms with Crippen LogP contribution in [0.5, 0.6) is 0 Å². The quantitative estimate of drug-likeness (QED) is 0.457. The highest BCUT2D eigenvalue weighted by Crippen LogP contribution is 2.19. The second-order valence-corrected chi connectivity index (χ2v) is 6.22. The van der Waals surface area contributed by atoms with Crippen LogP contribution >= 0.6 is 0 Å². The number of esters is 1. The lowest BCUT2D eigenvalue weighted by Crippen LogP contribution is -2.31. The van der Waals surface area contributed by atoms with Crippen molar-refractivity contribution in [1.29, 1.82) is 0 Å². The van der Waals surface area contributed by atoms with E-state index >= 15 is 0 Å². The summed E-state index contributed by atoms with van der Waals surface area (Å²) in [7, 11) is 0. The first-order valence-electron chi connectivity index (χ1n) is 8.62. The molecule has 0 aliphatic heterocycles. The van der Waals surface area contributed by atoms with Gasteiger partial charge in [0.1, 0.15) is 0 Å². The highest BCUT2D eigenvalue weighted by atomic mass is 16.6. The molecule has 2 aromatic carbocycles. The molecule has 27 heavy (non-hydrogen) atoms. The fraction of sp³-hybridized carbons (Fsp3) is 0.300. The summed E-state index contributed by atoms with van der Waals surface area (Å²) in [4.78, 5) is 34.3. The first-order chi connectivity index (χ1) is 12.8. The van der Waals surface area contributed by atoms with Gasteiger partial charge in [-0.25, -0.2) is 4.79 Å². The predicted molar refractivity (Wildman–Crippen MR) is 100 cm³/mol. The van der Waals surface area contributed by atoms with Crippen molar-refractivity contribution < 1.29 is 19.2 Å². The molecule has 0 aliphatic rings. The lowest BCUT2D eigenvalue weighted by atomic mass is 10.1. The second-order valence-electron chi connectivity index (χ2n) is 6.22.